The number of anilines is 1. The van der Waals surface area contributed by atoms with Gasteiger partial charge in [0.05, 0.1) is 17.7 Å². The summed E-state index contributed by atoms with van der Waals surface area (Å²) in [4.78, 5) is 29.0. The molecule has 1 saturated carbocycles. The Kier molecular flexibility index (Phi) is 10.0. The third kappa shape index (κ3) is 7.67. The van der Waals surface area contributed by atoms with E-state index in [2.05, 4.69) is 5.32 Å². The summed E-state index contributed by atoms with van der Waals surface area (Å²) in [6, 6.07) is 21.6. The minimum atomic E-state index is -4.10. The molecule has 0 saturated heterocycles. The van der Waals surface area contributed by atoms with Crippen LogP contribution in [0.25, 0.3) is 0 Å². The van der Waals surface area contributed by atoms with Crippen molar-refractivity contribution in [3.8, 4) is 5.75 Å². The van der Waals surface area contributed by atoms with Gasteiger partial charge in [-0.05, 0) is 68.7 Å². The van der Waals surface area contributed by atoms with Gasteiger partial charge in [-0.2, -0.15) is 0 Å². The molecule has 4 rings (SSSR count). The molecule has 218 valence electrons. The first kappa shape index (κ1) is 30.1. The average molecular weight is 578 g/mol. The van der Waals surface area contributed by atoms with Crippen molar-refractivity contribution in [2.75, 3.05) is 18.0 Å². The predicted octanol–water partition coefficient (Wildman–Crippen LogP) is 5.07. The molecule has 0 aromatic heterocycles. The molecule has 41 heavy (non-hydrogen) atoms. The molecule has 0 heterocycles. The number of carbonyl (C=O) groups is 2. The van der Waals surface area contributed by atoms with E-state index < -0.39 is 28.5 Å². The number of hydrogen-bond donors (Lipinski definition) is 1. The Hall–Kier alpha value is -3.85. The van der Waals surface area contributed by atoms with Crippen LogP contribution in [0.15, 0.2) is 83.8 Å². The molecule has 1 aliphatic rings. The molecule has 0 unspecified atom stereocenters. The van der Waals surface area contributed by atoms with Crippen molar-refractivity contribution in [3.05, 3.63) is 90.0 Å². The van der Waals surface area contributed by atoms with Gasteiger partial charge in [0.1, 0.15) is 18.3 Å². The largest absolute Gasteiger partial charge is 0.497 e. The number of rotatable bonds is 11. The molecule has 1 N–H and O–H groups in total. The number of methoxy groups -OCH3 is 1. The van der Waals surface area contributed by atoms with Crippen LogP contribution in [-0.4, -0.2) is 50.9 Å². The fourth-order valence-electron chi connectivity index (χ4n) is 5.04. The number of nitrogens with one attached hydrogen (secondary N) is 1. The van der Waals surface area contributed by atoms with Crippen molar-refractivity contribution in [2.24, 2.45) is 0 Å². The highest BCUT2D eigenvalue weighted by atomic mass is 32.2. The van der Waals surface area contributed by atoms with Crippen LogP contribution in [-0.2, 0) is 26.2 Å². The van der Waals surface area contributed by atoms with Gasteiger partial charge in [0.2, 0.25) is 11.8 Å². The Morgan fingerprint density at radius 1 is 0.927 bits per heavy atom. The molecular formula is C32H39N3O5S. The summed E-state index contributed by atoms with van der Waals surface area (Å²) in [6.45, 7) is 3.37. The lowest BCUT2D eigenvalue weighted by molar-refractivity contribution is -0.139. The van der Waals surface area contributed by atoms with Gasteiger partial charge in [0.15, 0.2) is 0 Å². The quantitative estimate of drug-likeness (QED) is 0.344. The first-order chi connectivity index (χ1) is 19.7. The number of nitrogens with zero attached hydrogens (tertiary/aromatic N) is 2. The van der Waals surface area contributed by atoms with E-state index in [-0.39, 0.29) is 23.4 Å². The number of carbonyl (C=O) groups excluding carboxylic acids is 2. The highest BCUT2D eigenvalue weighted by Crippen LogP contribution is 2.27. The second-order valence-corrected chi connectivity index (χ2v) is 12.4. The third-order valence-corrected chi connectivity index (χ3v) is 9.35. The standard InChI is InChI=1S/C32H39N3O5S/c1-24-14-16-26(17-15-24)22-34(25(2)32(37)33-27-10-6-4-7-11-27)31(36)23-35(28-18-20-29(40-3)21-19-28)41(38,39)30-12-8-5-9-13-30/h5,8-9,12-21,25,27H,4,6-7,10-11,22-23H2,1-3H3,(H,33,37)/t25-/m0/s1. The molecule has 2 amide bonds. The van der Waals surface area contributed by atoms with Crippen LogP contribution < -0.4 is 14.4 Å². The van der Waals surface area contributed by atoms with Gasteiger partial charge in [-0.3, -0.25) is 13.9 Å². The maximum Gasteiger partial charge on any atom is 0.264 e. The summed E-state index contributed by atoms with van der Waals surface area (Å²) in [5, 5.41) is 3.12. The molecule has 3 aromatic rings. The summed E-state index contributed by atoms with van der Waals surface area (Å²) < 4.78 is 34.0. The highest BCUT2D eigenvalue weighted by molar-refractivity contribution is 7.92. The molecular weight excluding hydrogens is 538 g/mol. The number of ether oxygens (including phenoxy) is 1. The maximum absolute atomic E-state index is 14.1. The van der Waals surface area contributed by atoms with Crippen molar-refractivity contribution in [3.63, 3.8) is 0 Å². The highest BCUT2D eigenvalue weighted by Gasteiger charge is 2.33. The molecule has 0 radical (unpaired) electrons. The molecule has 1 atom stereocenters. The van der Waals surface area contributed by atoms with Gasteiger partial charge in [0, 0.05) is 12.6 Å². The second kappa shape index (κ2) is 13.7. The van der Waals surface area contributed by atoms with E-state index in [1.165, 1.54) is 24.1 Å². The number of aryl methyl sites for hydroxylation is 1. The van der Waals surface area contributed by atoms with Gasteiger partial charge >= 0.3 is 0 Å². The Bertz CT molecular complexity index is 1400. The van der Waals surface area contributed by atoms with E-state index in [4.69, 9.17) is 4.74 Å². The van der Waals surface area contributed by atoms with Gasteiger partial charge in [-0.15, -0.1) is 0 Å². The van der Waals surface area contributed by atoms with Gasteiger partial charge in [-0.25, -0.2) is 8.42 Å². The monoisotopic (exact) mass is 577 g/mol. The van der Waals surface area contributed by atoms with Crippen LogP contribution >= 0.6 is 0 Å². The van der Waals surface area contributed by atoms with E-state index >= 15 is 0 Å². The van der Waals surface area contributed by atoms with Crippen molar-refractivity contribution < 1.29 is 22.7 Å². The first-order valence-corrected chi connectivity index (χ1v) is 15.5. The van der Waals surface area contributed by atoms with E-state index in [0.717, 1.165) is 47.5 Å². The Morgan fingerprint density at radius 2 is 1.56 bits per heavy atom. The first-order valence-electron chi connectivity index (χ1n) is 14.1. The zero-order valence-electron chi connectivity index (χ0n) is 24.0. The lowest BCUT2D eigenvalue weighted by Crippen LogP contribution is -2.53. The van der Waals surface area contributed by atoms with Crippen LogP contribution in [0.5, 0.6) is 5.75 Å². The normalized spacial score (nSPS) is 14.6. The summed E-state index contributed by atoms with van der Waals surface area (Å²) in [7, 11) is -2.58. The number of amides is 2. The topological polar surface area (TPSA) is 96.0 Å². The molecule has 1 fully saturated rings. The summed E-state index contributed by atoms with van der Waals surface area (Å²) in [6.07, 6.45) is 5.14. The van der Waals surface area contributed by atoms with Gasteiger partial charge < -0.3 is 15.0 Å². The zero-order chi connectivity index (χ0) is 29.4. The van der Waals surface area contributed by atoms with Crippen molar-refractivity contribution in [1.82, 2.24) is 10.2 Å². The summed E-state index contributed by atoms with van der Waals surface area (Å²) in [5.74, 6) is -0.155. The lowest BCUT2D eigenvalue weighted by Gasteiger charge is -2.33. The molecule has 0 aliphatic heterocycles. The Labute approximate surface area is 243 Å². The van der Waals surface area contributed by atoms with E-state index in [9.17, 15) is 18.0 Å². The van der Waals surface area contributed by atoms with Crippen LogP contribution in [0.1, 0.15) is 50.2 Å². The predicted molar refractivity (Wildman–Crippen MR) is 160 cm³/mol. The van der Waals surface area contributed by atoms with Crippen LogP contribution in [0.3, 0.4) is 0 Å². The Morgan fingerprint density at radius 3 is 2.17 bits per heavy atom. The third-order valence-electron chi connectivity index (χ3n) is 7.56. The minimum Gasteiger partial charge on any atom is -0.497 e. The fraction of sp³-hybridized carbons (Fsp3) is 0.375. The van der Waals surface area contributed by atoms with Crippen LogP contribution in [0.2, 0.25) is 0 Å². The molecule has 3 aromatic carbocycles. The van der Waals surface area contributed by atoms with Crippen LogP contribution in [0, 0.1) is 6.92 Å². The smallest absolute Gasteiger partial charge is 0.264 e. The van der Waals surface area contributed by atoms with Crippen molar-refractivity contribution in [1.29, 1.82) is 0 Å². The van der Waals surface area contributed by atoms with Gasteiger partial charge in [0.25, 0.3) is 10.0 Å². The summed E-state index contributed by atoms with van der Waals surface area (Å²) >= 11 is 0. The average Bonchev–Trinajstić information content (AvgIpc) is 3.00. The SMILES string of the molecule is COc1ccc(N(CC(=O)N(Cc2ccc(C)cc2)[C@@H](C)C(=O)NC2CCCCC2)S(=O)(=O)c2ccccc2)cc1. The maximum atomic E-state index is 14.1. The van der Waals surface area contributed by atoms with Crippen molar-refractivity contribution >= 4 is 27.5 Å². The van der Waals surface area contributed by atoms with Gasteiger partial charge in [-0.1, -0.05) is 67.3 Å². The van der Waals surface area contributed by atoms with Crippen LogP contribution in [0.4, 0.5) is 5.69 Å². The van der Waals surface area contributed by atoms with Crippen molar-refractivity contribution in [2.45, 2.75) is 69.5 Å². The molecule has 0 spiro atoms. The minimum absolute atomic E-state index is 0.0665. The van der Waals surface area contributed by atoms with E-state index in [1.54, 1.807) is 49.4 Å². The molecule has 0 bridgehead atoms. The molecule has 8 nitrogen and oxygen atoms in total. The fourth-order valence-corrected chi connectivity index (χ4v) is 6.47. The molecule has 1 aliphatic carbocycles. The number of sulfonamides is 1. The lowest BCUT2D eigenvalue weighted by atomic mass is 9.95. The van der Waals surface area contributed by atoms with E-state index in [1.807, 2.05) is 31.2 Å². The number of benzene rings is 3. The zero-order valence-corrected chi connectivity index (χ0v) is 24.8. The summed E-state index contributed by atoms with van der Waals surface area (Å²) in [5.41, 5.74) is 2.25. The molecule has 9 heteroatoms. The Balaban J connectivity index is 1.66. The number of hydrogen-bond acceptors (Lipinski definition) is 5. The van der Waals surface area contributed by atoms with E-state index in [0.29, 0.717) is 11.4 Å². The second-order valence-electron chi connectivity index (χ2n) is 10.5.